The van der Waals surface area contributed by atoms with E-state index in [1.807, 2.05) is 0 Å². The summed E-state index contributed by atoms with van der Waals surface area (Å²) in [7, 11) is 0. The molecule has 0 aliphatic rings. The van der Waals surface area contributed by atoms with Gasteiger partial charge in [-0.05, 0) is 32.8 Å². The molecule has 2 aromatic rings. The molecule has 2 rings (SSSR count). The van der Waals surface area contributed by atoms with Gasteiger partial charge in [-0.3, -0.25) is 0 Å². The molecule has 0 unspecified atom stereocenters. The van der Waals surface area contributed by atoms with Gasteiger partial charge in [-0.2, -0.15) is 0 Å². The lowest BCUT2D eigenvalue weighted by atomic mass is 9.74. The Hall–Kier alpha value is -3.14. The number of carbonyl (C=O) groups excluding carboxylic acids is 2. The average molecular weight is 547 g/mol. The van der Waals surface area contributed by atoms with Crippen LogP contribution in [0.25, 0.3) is 0 Å². The summed E-state index contributed by atoms with van der Waals surface area (Å²) in [6.07, 6.45) is 2.38. The number of hydrogen-bond donors (Lipinski definition) is 0. The van der Waals surface area contributed by atoms with Crippen LogP contribution >= 0.6 is 0 Å². The molecule has 0 fully saturated rings. The van der Waals surface area contributed by atoms with Crippen molar-refractivity contribution in [1.29, 1.82) is 0 Å². The Morgan fingerprint density at radius 1 is 0.600 bits per heavy atom. The summed E-state index contributed by atoms with van der Waals surface area (Å²) in [5.74, 6) is -0.263. The Kier molecular flexibility index (Phi) is 9.41. The van der Waals surface area contributed by atoms with E-state index in [2.05, 4.69) is 127 Å². The maximum absolute atomic E-state index is 12.7. The van der Waals surface area contributed by atoms with Crippen molar-refractivity contribution < 1.29 is 19.1 Å². The first kappa shape index (κ1) is 33.1. The van der Waals surface area contributed by atoms with Gasteiger partial charge in [0.2, 0.25) is 0 Å². The second-order valence-electron chi connectivity index (χ2n) is 14.9. The van der Waals surface area contributed by atoms with E-state index in [9.17, 15) is 9.59 Å². The van der Waals surface area contributed by atoms with Crippen LogP contribution in [0, 0.1) is 0 Å². The molecule has 0 amide bonds. The highest BCUT2D eigenvalue weighted by Crippen LogP contribution is 2.47. The van der Waals surface area contributed by atoms with E-state index in [0.29, 0.717) is 11.5 Å². The lowest BCUT2D eigenvalue weighted by molar-refractivity contribution is -0.129. The van der Waals surface area contributed by atoms with E-state index in [1.54, 1.807) is 0 Å². The van der Waals surface area contributed by atoms with Crippen molar-refractivity contribution >= 4 is 11.9 Å². The van der Waals surface area contributed by atoms with Crippen LogP contribution in [0.1, 0.15) is 129 Å². The van der Waals surface area contributed by atoms with E-state index in [4.69, 9.17) is 9.47 Å². The van der Waals surface area contributed by atoms with Gasteiger partial charge in [0.05, 0.1) is 0 Å². The fourth-order valence-corrected chi connectivity index (χ4v) is 4.61. The fourth-order valence-electron chi connectivity index (χ4n) is 4.61. The van der Waals surface area contributed by atoms with Gasteiger partial charge < -0.3 is 9.47 Å². The molecule has 0 bridgehead atoms. The number of esters is 2. The Labute approximate surface area is 242 Å². The minimum atomic E-state index is -0.514. The molecule has 0 saturated heterocycles. The van der Waals surface area contributed by atoms with Gasteiger partial charge in [-0.1, -0.05) is 127 Å². The number of carbonyl (C=O) groups is 2. The zero-order valence-corrected chi connectivity index (χ0v) is 27.1. The Balaban J connectivity index is 3.15. The quantitative estimate of drug-likeness (QED) is 0.206. The van der Waals surface area contributed by atoms with Crippen molar-refractivity contribution in [3.05, 3.63) is 83.0 Å². The lowest BCUT2D eigenvalue weighted by Gasteiger charge is -2.33. The van der Waals surface area contributed by atoms with Crippen molar-refractivity contribution in [2.24, 2.45) is 0 Å². The standard InChI is InChI=1S/C36H50O4/c1-16-29(37)39-31-25(18-23(33(4,5)6)20-27(31)35(10,11)12)22(3)26-19-24(34(7,8)9)21-28(36(13,14)15)32(26)40-30(38)17-2/h16-22H,1-2H2,3-15H3. The topological polar surface area (TPSA) is 52.6 Å². The van der Waals surface area contributed by atoms with Gasteiger partial charge in [0, 0.05) is 40.3 Å². The molecule has 0 aliphatic heterocycles. The van der Waals surface area contributed by atoms with Crippen LogP contribution in [-0.2, 0) is 31.2 Å². The summed E-state index contributed by atoms with van der Waals surface area (Å²) in [5, 5.41) is 0. The van der Waals surface area contributed by atoms with E-state index >= 15 is 0 Å². The third kappa shape index (κ3) is 7.53. The molecule has 0 saturated carbocycles. The van der Waals surface area contributed by atoms with E-state index < -0.39 is 11.9 Å². The summed E-state index contributed by atoms with van der Waals surface area (Å²) >= 11 is 0. The molecule has 2 aromatic carbocycles. The Bertz CT molecular complexity index is 1200. The maximum atomic E-state index is 12.7. The minimum absolute atomic E-state index is 0.155. The monoisotopic (exact) mass is 546 g/mol. The van der Waals surface area contributed by atoms with Crippen molar-refractivity contribution in [1.82, 2.24) is 0 Å². The number of benzene rings is 2. The molecular weight excluding hydrogens is 496 g/mol. The first-order valence-corrected chi connectivity index (χ1v) is 14.1. The third-order valence-electron chi connectivity index (χ3n) is 7.26. The average Bonchev–Trinajstić information content (AvgIpc) is 2.80. The van der Waals surface area contributed by atoms with Crippen molar-refractivity contribution in [2.45, 2.75) is 118 Å². The minimum Gasteiger partial charge on any atom is -0.423 e. The molecule has 0 atom stereocenters. The maximum Gasteiger partial charge on any atom is 0.335 e. The molecule has 0 aliphatic carbocycles. The third-order valence-corrected chi connectivity index (χ3v) is 7.26. The molecule has 40 heavy (non-hydrogen) atoms. The van der Waals surface area contributed by atoms with Crippen LogP contribution in [0.2, 0.25) is 0 Å². The van der Waals surface area contributed by atoms with Crippen molar-refractivity contribution in [3.8, 4) is 11.5 Å². The first-order chi connectivity index (χ1) is 18.0. The van der Waals surface area contributed by atoms with Crippen LogP contribution in [-0.4, -0.2) is 11.9 Å². The molecule has 0 heterocycles. The lowest BCUT2D eigenvalue weighted by Crippen LogP contribution is -2.23. The summed E-state index contributed by atoms with van der Waals surface area (Å²) in [6.45, 7) is 35.1. The second kappa shape index (κ2) is 11.4. The highest BCUT2D eigenvalue weighted by atomic mass is 16.5. The number of hydrogen-bond acceptors (Lipinski definition) is 4. The van der Waals surface area contributed by atoms with Gasteiger partial charge >= 0.3 is 11.9 Å². The summed E-state index contributed by atoms with van der Waals surface area (Å²) in [5.41, 5.74) is 4.91. The molecule has 0 radical (unpaired) electrons. The molecule has 4 heteroatoms. The van der Waals surface area contributed by atoms with E-state index in [1.165, 1.54) is 12.2 Å². The molecule has 0 aromatic heterocycles. The SMILES string of the molecule is C=CC(=O)Oc1c(C(C)c2cc(C(C)(C)C)cc(C(C)(C)C)c2OC(=O)C=C)cc(C(C)(C)C)cc1C(C)(C)C. The second-order valence-corrected chi connectivity index (χ2v) is 14.9. The Morgan fingerprint density at radius 3 is 1.12 bits per heavy atom. The zero-order valence-electron chi connectivity index (χ0n) is 27.1. The summed E-state index contributed by atoms with van der Waals surface area (Å²) in [6, 6.07) is 8.55. The zero-order chi connectivity index (χ0) is 31.0. The van der Waals surface area contributed by atoms with Gasteiger partial charge in [0.1, 0.15) is 11.5 Å². The van der Waals surface area contributed by atoms with Gasteiger partial charge in [-0.15, -0.1) is 0 Å². The summed E-state index contributed by atoms with van der Waals surface area (Å²) in [4.78, 5) is 25.3. The molecule has 4 nitrogen and oxygen atoms in total. The number of rotatable bonds is 6. The molecule has 0 N–H and O–H groups in total. The highest BCUT2D eigenvalue weighted by molar-refractivity contribution is 5.85. The highest BCUT2D eigenvalue weighted by Gasteiger charge is 2.33. The predicted octanol–water partition coefficient (Wildman–Crippen LogP) is 9.21. The van der Waals surface area contributed by atoms with Crippen LogP contribution < -0.4 is 9.47 Å². The van der Waals surface area contributed by atoms with Crippen LogP contribution in [0.4, 0.5) is 0 Å². The van der Waals surface area contributed by atoms with Crippen molar-refractivity contribution in [3.63, 3.8) is 0 Å². The largest absolute Gasteiger partial charge is 0.423 e. The molecule has 0 spiro atoms. The predicted molar refractivity (Wildman–Crippen MR) is 167 cm³/mol. The van der Waals surface area contributed by atoms with Gasteiger partial charge in [-0.25, -0.2) is 9.59 Å². The fraction of sp³-hybridized carbons (Fsp3) is 0.500. The normalized spacial score (nSPS) is 12.8. The number of ether oxygens (including phenoxy) is 2. The van der Waals surface area contributed by atoms with Gasteiger partial charge in [0.15, 0.2) is 0 Å². The summed E-state index contributed by atoms with van der Waals surface area (Å²) < 4.78 is 12.0. The van der Waals surface area contributed by atoms with Crippen LogP contribution in [0.3, 0.4) is 0 Å². The van der Waals surface area contributed by atoms with E-state index in [-0.39, 0.29) is 27.6 Å². The van der Waals surface area contributed by atoms with E-state index in [0.717, 1.165) is 33.4 Å². The van der Waals surface area contributed by atoms with Gasteiger partial charge in [0.25, 0.3) is 0 Å². The smallest absolute Gasteiger partial charge is 0.335 e. The van der Waals surface area contributed by atoms with Crippen LogP contribution in [0.15, 0.2) is 49.6 Å². The first-order valence-electron chi connectivity index (χ1n) is 14.1. The molecule has 218 valence electrons. The Morgan fingerprint density at radius 2 is 0.900 bits per heavy atom. The molecular formula is C36H50O4. The van der Waals surface area contributed by atoms with Crippen molar-refractivity contribution in [2.75, 3.05) is 0 Å². The van der Waals surface area contributed by atoms with Crippen LogP contribution in [0.5, 0.6) is 11.5 Å².